The Balaban J connectivity index is 2.97. The van der Waals surface area contributed by atoms with Crippen molar-refractivity contribution < 1.29 is 9.47 Å². The molecule has 1 unspecified atom stereocenters. The third-order valence-corrected chi connectivity index (χ3v) is 3.94. The highest BCUT2D eigenvalue weighted by atomic mass is 16.5. The molecule has 1 aromatic heterocycles. The molecular formula is C16H29N3O2. The number of hydrogen-bond donors (Lipinski definition) is 1. The first-order valence-corrected chi connectivity index (χ1v) is 7.66. The fraction of sp³-hybridized carbons (Fsp3) is 0.688. The van der Waals surface area contributed by atoms with E-state index in [2.05, 4.69) is 23.7 Å². The van der Waals surface area contributed by atoms with E-state index in [4.69, 9.17) is 15.2 Å². The minimum absolute atomic E-state index is 0.156. The number of methoxy groups -OCH3 is 2. The van der Waals surface area contributed by atoms with Crippen LogP contribution in [0.25, 0.3) is 0 Å². The first-order chi connectivity index (χ1) is 10.2. The van der Waals surface area contributed by atoms with Gasteiger partial charge in [0, 0.05) is 44.5 Å². The van der Waals surface area contributed by atoms with Gasteiger partial charge in [-0.1, -0.05) is 19.9 Å². The molecule has 5 nitrogen and oxygen atoms in total. The molecule has 0 aliphatic carbocycles. The van der Waals surface area contributed by atoms with E-state index in [0.29, 0.717) is 25.1 Å². The van der Waals surface area contributed by atoms with E-state index < -0.39 is 0 Å². The SMILES string of the molecule is CCC(CC)N(CCOC)C(CN)c1ccc(OC)nc1. The minimum atomic E-state index is 0.156. The van der Waals surface area contributed by atoms with E-state index in [1.54, 1.807) is 14.2 Å². The zero-order valence-electron chi connectivity index (χ0n) is 13.7. The summed E-state index contributed by atoms with van der Waals surface area (Å²) >= 11 is 0. The normalized spacial score (nSPS) is 12.9. The summed E-state index contributed by atoms with van der Waals surface area (Å²) in [6.07, 6.45) is 4.05. The van der Waals surface area contributed by atoms with Crippen molar-refractivity contribution in [3.63, 3.8) is 0 Å². The monoisotopic (exact) mass is 295 g/mol. The molecule has 0 saturated carbocycles. The first-order valence-electron chi connectivity index (χ1n) is 7.66. The van der Waals surface area contributed by atoms with E-state index in [1.807, 2.05) is 18.3 Å². The van der Waals surface area contributed by atoms with E-state index >= 15 is 0 Å². The predicted octanol–water partition coefficient (Wildman–Crippen LogP) is 2.23. The highest BCUT2D eigenvalue weighted by molar-refractivity contribution is 5.21. The molecular weight excluding hydrogens is 266 g/mol. The van der Waals surface area contributed by atoms with E-state index in [9.17, 15) is 0 Å². The van der Waals surface area contributed by atoms with Crippen molar-refractivity contribution in [3.05, 3.63) is 23.9 Å². The average Bonchev–Trinajstić information content (AvgIpc) is 2.54. The summed E-state index contributed by atoms with van der Waals surface area (Å²) in [6, 6.07) is 4.59. The topological polar surface area (TPSA) is 60.6 Å². The summed E-state index contributed by atoms with van der Waals surface area (Å²) in [5.74, 6) is 0.625. The number of rotatable bonds is 10. The Morgan fingerprint density at radius 1 is 1.24 bits per heavy atom. The van der Waals surface area contributed by atoms with Gasteiger partial charge in [-0.3, -0.25) is 4.90 Å². The van der Waals surface area contributed by atoms with Crippen LogP contribution in [-0.2, 0) is 4.74 Å². The van der Waals surface area contributed by atoms with Gasteiger partial charge in [-0.15, -0.1) is 0 Å². The molecule has 0 fully saturated rings. The molecule has 21 heavy (non-hydrogen) atoms. The summed E-state index contributed by atoms with van der Waals surface area (Å²) in [5, 5.41) is 0. The number of hydrogen-bond acceptors (Lipinski definition) is 5. The smallest absolute Gasteiger partial charge is 0.212 e. The molecule has 0 aromatic carbocycles. The van der Waals surface area contributed by atoms with Gasteiger partial charge in [0.25, 0.3) is 0 Å². The first kappa shape index (κ1) is 17.9. The van der Waals surface area contributed by atoms with E-state index in [1.165, 1.54) is 0 Å². The van der Waals surface area contributed by atoms with Gasteiger partial charge in [0.15, 0.2) is 0 Å². The van der Waals surface area contributed by atoms with Crippen LogP contribution in [0.15, 0.2) is 18.3 Å². The van der Waals surface area contributed by atoms with Gasteiger partial charge >= 0.3 is 0 Å². The second-order valence-electron chi connectivity index (χ2n) is 5.09. The number of ether oxygens (including phenoxy) is 2. The summed E-state index contributed by atoms with van der Waals surface area (Å²) in [5.41, 5.74) is 7.18. The van der Waals surface area contributed by atoms with Crippen LogP contribution in [0.5, 0.6) is 5.88 Å². The van der Waals surface area contributed by atoms with Gasteiger partial charge < -0.3 is 15.2 Å². The maximum atomic E-state index is 6.05. The van der Waals surface area contributed by atoms with Crippen LogP contribution < -0.4 is 10.5 Å². The fourth-order valence-electron chi connectivity index (χ4n) is 2.72. The summed E-state index contributed by atoms with van der Waals surface area (Å²) in [4.78, 5) is 6.74. The Morgan fingerprint density at radius 3 is 2.38 bits per heavy atom. The fourth-order valence-corrected chi connectivity index (χ4v) is 2.72. The Kier molecular flexibility index (Phi) is 8.27. The van der Waals surface area contributed by atoms with Crippen LogP contribution in [0.2, 0.25) is 0 Å². The molecule has 5 heteroatoms. The number of pyridine rings is 1. The lowest BCUT2D eigenvalue weighted by Crippen LogP contribution is -2.42. The highest BCUT2D eigenvalue weighted by Gasteiger charge is 2.24. The predicted molar refractivity (Wildman–Crippen MR) is 85.5 cm³/mol. The van der Waals surface area contributed by atoms with Gasteiger partial charge in [-0.05, 0) is 18.4 Å². The van der Waals surface area contributed by atoms with Gasteiger partial charge in [0.1, 0.15) is 0 Å². The third-order valence-electron chi connectivity index (χ3n) is 3.94. The molecule has 0 saturated heterocycles. The van der Waals surface area contributed by atoms with Crippen molar-refractivity contribution in [1.82, 2.24) is 9.88 Å². The number of nitrogens with zero attached hydrogens (tertiary/aromatic N) is 2. The Hall–Kier alpha value is -1.17. The molecule has 0 spiro atoms. The van der Waals surface area contributed by atoms with Crippen molar-refractivity contribution in [3.8, 4) is 5.88 Å². The van der Waals surface area contributed by atoms with Crippen molar-refractivity contribution in [2.75, 3.05) is 33.9 Å². The Bertz CT molecular complexity index is 380. The average molecular weight is 295 g/mol. The van der Waals surface area contributed by atoms with Crippen LogP contribution in [0.3, 0.4) is 0 Å². The zero-order valence-corrected chi connectivity index (χ0v) is 13.7. The van der Waals surface area contributed by atoms with Gasteiger partial charge in [-0.25, -0.2) is 4.98 Å². The van der Waals surface area contributed by atoms with E-state index in [0.717, 1.165) is 24.9 Å². The Morgan fingerprint density at radius 2 is 1.95 bits per heavy atom. The van der Waals surface area contributed by atoms with Gasteiger partial charge in [-0.2, -0.15) is 0 Å². The molecule has 1 heterocycles. The van der Waals surface area contributed by atoms with Crippen molar-refractivity contribution in [2.45, 2.75) is 38.8 Å². The van der Waals surface area contributed by atoms with Gasteiger partial charge in [0.2, 0.25) is 5.88 Å². The second kappa shape index (κ2) is 9.71. The third kappa shape index (κ3) is 4.95. The standard InChI is InChI=1S/C16H29N3O2/c1-5-14(6-2)19(9-10-20-3)15(11-17)13-7-8-16(21-4)18-12-13/h7-8,12,14-15H,5-6,9-11,17H2,1-4H3. The van der Waals surface area contributed by atoms with Gasteiger partial charge in [0.05, 0.1) is 13.7 Å². The minimum Gasteiger partial charge on any atom is -0.481 e. The molecule has 1 rings (SSSR count). The Labute approximate surface area is 128 Å². The van der Waals surface area contributed by atoms with Crippen molar-refractivity contribution in [1.29, 1.82) is 0 Å². The molecule has 1 atom stereocenters. The van der Waals surface area contributed by atoms with Crippen LogP contribution >= 0.6 is 0 Å². The molecule has 120 valence electrons. The van der Waals surface area contributed by atoms with Crippen LogP contribution in [0.4, 0.5) is 0 Å². The molecule has 0 aliphatic heterocycles. The lowest BCUT2D eigenvalue weighted by molar-refractivity contribution is 0.0815. The summed E-state index contributed by atoms with van der Waals surface area (Å²) < 4.78 is 10.4. The second-order valence-corrected chi connectivity index (χ2v) is 5.09. The maximum Gasteiger partial charge on any atom is 0.212 e. The van der Waals surface area contributed by atoms with E-state index in [-0.39, 0.29) is 6.04 Å². The zero-order chi connectivity index (χ0) is 15.7. The van der Waals surface area contributed by atoms with Crippen LogP contribution in [0, 0.1) is 0 Å². The molecule has 0 aliphatic rings. The molecule has 0 bridgehead atoms. The van der Waals surface area contributed by atoms with Crippen molar-refractivity contribution >= 4 is 0 Å². The molecule has 0 amide bonds. The lowest BCUT2D eigenvalue weighted by atomic mass is 10.0. The van der Waals surface area contributed by atoms with Crippen molar-refractivity contribution in [2.24, 2.45) is 5.73 Å². The van der Waals surface area contributed by atoms with Crippen LogP contribution in [-0.4, -0.2) is 49.8 Å². The van der Waals surface area contributed by atoms with Crippen LogP contribution in [0.1, 0.15) is 38.3 Å². The largest absolute Gasteiger partial charge is 0.481 e. The quantitative estimate of drug-likeness (QED) is 0.717. The number of aromatic nitrogens is 1. The maximum absolute atomic E-state index is 6.05. The lowest BCUT2D eigenvalue weighted by Gasteiger charge is -2.37. The summed E-state index contributed by atoms with van der Waals surface area (Å²) in [7, 11) is 3.36. The molecule has 1 aromatic rings. The molecule has 0 radical (unpaired) electrons. The number of nitrogens with two attached hydrogens (primary N) is 1. The highest BCUT2D eigenvalue weighted by Crippen LogP contribution is 2.25. The molecule has 2 N–H and O–H groups in total. The summed E-state index contributed by atoms with van der Waals surface area (Å²) in [6.45, 7) is 6.57.